The quantitative estimate of drug-likeness (QED) is 0.880. The molecule has 1 aliphatic heterocycles. The molecule has 1 N–H and O–H groups in total. The van der Waals surface area contributed by atoms with E-state index in [9.17, 15) is 4.79 Å². The molecule has 3 heteroatoms. The van der Waals surface area contributed by atoms with E-state index in [1.54, 1.807) is 0 Å². The number of amides is 1. The van der Waals surface area contributed by atoms with Gasteiger partial charge in [-0.3, -0.25) is 4.79 Å². The average Bonchev–Trinajstić information content (AvgIpc) is 2.91. The van der Waals surface area contributed by atoms with Crippen LogP contribution in [0.15, 0.2) is 24.3 Å². The Hall–Kier alpha value is -1.35. The standard InChI is InChI=1S/C15H22N2O/c1-3-17(15(18)13-8-9-16-10-13)11-14-7-5-4-6-12(14)2/h4-7,13,16H,3,8-11H2,1-2H3. The van der Waals surface area contributed by atoms with E-state index in [0.717, 1.165) is 32.6 Å². The van der Waals surface area contributed by atoms with E-state index in [1.807, 2.05) is 17.0 Å². The van der Waals surface area contributed by atoms with Gasteiger partial charge in [-0.1, -0.05) is 24.3 Å². The Morgan fingerprint density at radius 1 is 1.44 bits per heavy atom. The van der Waals surface area contributed by atoms with Gasteiger partial charge in [0.05, 0.1) is 5.92 Å². The van der Waals surface area contributed by atoms with Gasteiger partial charge in [0.15, 0.2) is 0 Å². The Balaban J connectivity index is 2.05. The third kappa shape index (κ3) is 2.91. The van der Waals surface area contributed by atoms with Gasteiger partial charge in [-0.25, -0.2) is 0 Å². The van der Waals surface area contributed by atoms with Crippen LogP contribution in [0.4, 0.5) is 0 Å². The van der Waals surface area contributed by atoms with Gasteiger partial charge in [-0.2, -0.15) is 0 Å². The molecule has 1 unspecified atom stereocenters. The maximum atomic E-state index is 12.4. The van der Waals surface area contributed by atoms with E-state index in [-0.39, 0.29) is 5.92 Å². The van der Waals surface area contributed by atoms with E-state index in [2.05, 4.69) is 31.3 Å². The molecule has 0 saturated carbocycles. The van der Waals surface area contributed by atoms with Crippen LogP contribution in [0.5, 0.6) is 0 Å². The zero-order valence-corrected chi connectivity index (χ0v) is 11.3. The van der Waals surface area contributed by atoms with Crippen molar-refractivity contribution >= 4 is 5.91 Å². The molecule has 2 rings (SSSR count). The monoisotopic (exact) mass is 246 g/mol. The van der Waals surface area contributed by atoms with Crippen molar-refractivity contribution in [2.24, 2.45) is 5.92 Å². The van der Waals surface area contributed by atoms with E-state index in [1.165, 1.54) is 11.1 Å². The number of nitrogens with one attached hydrogen (secondary N) is 1. The van der Waals surface area contributed by atoms with Crippen LogP contribution >= 0.6 is 0 Å². The van der Waals surface area contributed by atoms with Crippen LogP contribution in [0.3, 0.4) is 0 Å². The molecule has 0 aliphatic carbocycles. The molecule has 0 spiro atoms. The van der Waals surface area contributed by atoms with E-state index >= 15 is 0 Å². The number of carbonyl (C=O) groups is 1. The first-order valence-corrected chi connectivity index (χ1v) is 6.76. The average molecular weight is 246 g/mol. The van der Waals surface area contributed by atoms with Gasteiger partial charge in [-0.15, -0.1) is 0 Å². The lowest BCUT2D eigenvalue weighted by atomic mass is 10.1. The minimum atomic E-state index is 0.175. The first kappa shape index (κ1) is 13.1. The summed E-state index contributed by atoms with van der Waals surface area (Å²) in [5, 5.41) is 3.26. The Morgan fingerprint density at radius 3 is 2.83 bits per heavy atom. The predicted molar refractivity (Wildman–Crippen MR) is 73.2 cm³/mol. The topological polar surface area (TPSA) is 32.3 Å². The largest absolute Gasteiger partial charge is 0.338 e. The smallest absolute Gasteiger partial charge is 0.227 e. The first-order chi connectivity index (χ1) is 8.72. The Bertz CT molecular complexity index is 411. The Morgan fingerprint density at radius 2 is 2.22 bits per heavy atom. The fourth-order valence-corrected chi connectivity index (χ4v) is 2.46. The highest BCUT2D eigenvalue weighted by Crippen LogP contribution is 2.16. The molecule has 1 aromatic rings. The molecule has 1 atom stereocenters. The number of hydrogen-bond acceptors (Lipinski definition) is 2. The zero-order chi connectivity index (χ0) is 13.0. The van der Waals surface area contributed by atoms with Gasteiger partial charge in [0, 0.05) is 19.6 Å². The molecule has 1 fully saturated rings. The maximum absolute atomic E-state index is 12.4. The lowest BCUT2D eigenvalue weighted by Gasteiger charge is -2.24. The molecule has 1 aliphatic rings. The second-order valence-corrected chi connectivity index (χ2v) is 4.97. The van der Waals surface area contributed by atoms with Crippen LogP contribution in [0, 0.1) is 12.8 Å². The van der Waals surface area contributed by atoms with Gasteiger partial charge >= 0.3 is 0 Å². The fourth-order valence-electron chi connectivity index (χ4n) is 2.46. The maximum Gasteiger partial charge on any atom is 0.227 e. The van der Waals surface area contributed by atoms with Crippen molar-refractivity contribution in [1.29, 1.82) is 0 Å². The highest BCUT2D eigenvalue weighted by Gasteiger charge is 2.26. The van der Waals surface area contributed by atoms with Gasteiger partial charge in [0.2, 0.25) is 5.91 Å². The number of aryl methyl sites for hydroxylation is 1. The van der Waals surface area contributed by atoms with Crippen LogP contribution in [0.25, 0.3) is 0 Å². The summed E-state index contributed by atoms with van der Waals surface area (Å²) in [6.07, 6.45) is 0.975. The van der Waals surface area contributed by atoms with E-state index < -0.39 is 0 Å². The summed E-state index contributed by atoms with van der Waals surface area (Å²) in [5.74, 6) is 0.472. The second-order valence-electron chi connectivity index (χ2n) is 4.97. The SMILES string of the molecule is CCN(Cc1ccccc1C)C(=O)C1CCNC1. The lowest BCUT2D eigenvalue weighted by Crippen LogP contribution is -2.36. The number of carbonyl (C=O) groups excluding carboxylic acids is 1. The summed E-state index contributed by atoms with van der Waals surface area (Å²) < 4.78 is 0. The zero-order valence-electron chi connectivity index (χ0n) is 11.3. The lowest BCUT2D eigenvalue weighted by molar-refractivity contribution is -0.135. The molecule has 0 aromatic heterocycles. The third-order valence-electron chi connectivity index (χ3n) is 3.73. The van der Waals surface area contributed by atoms with Crippen molar-refractivity contribution in [3.05, 3.63) is 35.4 Å². The highest BCUT2D eigenvalue weighted by atomic mass is 16.2. The van der Waals surface area contributed by atoms with Gasteiger partial charge in [-0.05, 0) is 37.9 Å². The Kier molecular flexibility index (Phi) is 4.37. The number of rotatable bonds is 4. The molecule has 0 radical (unpaired) electrons. The van der Waals surface area contributed by atoms with Crippen molar-refractivity contribution in [3.8, 4) is 0 Å². The van der Waals surface area contributed by atoms with Crippen molar-refractivity contribution in [2.75, 3.05) is 19.6 Å². The summed E-state index contributed by atoms with van der Waals surface area (Å²) in [4.78, 5) is 14.4. The molecular formula is C15H22N2O. The van der Waals surface area contributed by atoms with Gasteiger partial charge in [0.1, 0.15) is 0 Å². The molecule has 0 bridgehead atoms. The molecule has 1 saturated heterocycles. The van der Waals surface area contributed by atoms with E-state index in [0.29, 0.717) is 5.91 Å². The number of benzene rings is 1. The summed E-state index contributed by atoms with van der Waals surface area (Å²) >= 11 is 0. The van der Waals surface area contributed by atoms with Crippen LogP contribution in [0.1, 0.15) is 24.5 Å². The second kappa shape index (κ2) is 6.01. The van der Waals surface area contributed by atoms with Crippen molar-refractivity contribution in [1.82, 2.24) is 10.2 Å². The highest BCUT2D eigenvalue weighted by molar-refractivity contribution is 5.79. The molecule has 98 valence electrons. The molecular weight excluding hydrogens is 224 g/mol. The predicted octanol–water partition coefficient (Wildman–Crippen LogP) is 1.95. The van der Waals surface area contributed by atoms with Crippen LogP contribution < -0.4 is 5.32 Å². The Labute approximate surface area is 109 Å². The van der Waals surface area contributed by atoms with E-state index in [4.69, 9.17) is 0 Å². The van der Waals surface area contributed by atoms with Crippen LogP contribution in [-0.4, -0.2) is 30.4 Å². The van der Waals surface area contributed by atoms with Crippen LogP contribution in [-0.2, 0) is 11.3 Å². The number of nitrogens with zero attached hydrogens (tertiary/aromatic N) is 1. The first-order valence-electron chi connectivity index (χ1n) is 6.76. The van der Waals surface area contributed by atoms with Gasteiger partial charge in [0.25, 0.3) is 0 Å². The molecule has 1 heterocycles. The number of hydrogen-bond donors (Lipinski definition) is 1. The molecule has 3 nitrogen and oxygen atoms in total. The summed E-state index contributed by atoms with van der Waals surface area (Å²) in [6.45, 7) is 7.48. The van der Waals surface area contributed by atoms with Crippen molar-refractivity contribution in [3.63, 3.8) is 0 Å². The minimum Gasteiger partial charge on any atom is -0.338 e. The van der Waals surface area contributed by atoms with Gasteiger partial charge < -0.3 is 10.2 Å². The fraction of sp³-hybridized carbons (Fsp3) is 0.533. The van der Waals surface area contributed by atoms with Crippen molar-refractivity contribution < 1.29 is 4.79 Å². The summed E-state index contributed by atoms with van der Waals surface area (Å²) in [5.41, 5.74) is 2.51. The van der Waals surface area contributed by atoms with Crippen LogP contribution in [0.2, 0.25) is 0 Å². The summed E-state index contributed by atoms with van der Waals surface area (Å²) in [7, 11) is 0. The normalized spacial score (nSPS) is 18.9. The molecule has 1 aromatic carbocycles. The summed E-state index contributed by atoms with van der Waals surface area (Å²) in [6, 6.07) is 8.29. The minimum absolute atomic E-state index is 0.175. The van der Waals surface area contributed by atoms with Crippen molar-refractivity contribution in [2.45, 2.75) is 26.8 Å². The molecule has 1 amide bonds. The molecule has 18 heavy (non-hydrogen) atoms. The third-order valence-corrected chi connectivity index (χ3v) is 3.73.